The average molecular weight is 472 g/mol. The minimum atomic E-state index is -5.13. The smallest absolute Gasteiger partial charge is 0.373 e. The highest BCUT2D eigenvalue weighted by molar-refractivity contribution is 6.30. The fraction of sp³-hybridized carbons (Fsp3) is 0.579. The number of hydrogen-bond donors (Lipinski definition) is 1. The van der Waals surface area contributed by atoms with Crippen LogP contribution in [0.15, 0.2) is 29.4 Å². The van der Waals surface area contributed by atoms with Crippen molar-refractivity contribution in [2.75, 3.05) is 18.1 Å². The molecule has 0 aliphatic carbocycles. The van der Waals surface area contributed by atoms with Crippen molar-refractivity contribution in [2.45, 2.75) is 50.2 Å². The predicted molar refractivity (Wildman–Crippen MR) is 102 cm³/mol. The van der Waals surface area contributed by atoms with Crippen LogP contribution in [0.25, 0.3) is 0 Å². The van der Waals surface area contributed by atoms with Gasteiger partial charge in [0.15, 0.2) is 0 Å². The molecule has 0 aromatic heterocycles. The monoisotopic (exact) mass is 471 g/mol. The molecule has 2 aliphatic rings. The minimum Gasteiger partial charge on any atom is -0.373 e. The number of nitrogens with zero attached hydrogens (tertiary/aromatic N) is 3. The molecule has 31 heavy (non-hydrogen) atoms. The highest BCUT2D eigenvalue weighted by Crippen LogP contribution is 2.39. The van der Waals surface area contributed by atoms with Crippen molar-refractivity contribution in [1.82, 2.24) is 4.90 Å². The number of carbonyl (C=O) groups excluding carboxylic acids is 1. The van der Waals surface area contributed by atoms with E-state index in [-0.39, 0.29) is 38.3 Å². The summed E-state index contributed by atoms with van der Waals surface area (Å²) in [6.45, 7) is 0.175. The molecule has 1 saturated heterocycles. The van der Waals surface area contributed by atoms with Crippen LogP contribution >= 0.6 is 11.6 Å². The van der Waals surface area contributed by atoms with Gasteiger partial charge in [0.25, 0.3) is 5.91 Å². The summed E-state index contributed by atoms with van der Waals surface area (Å²) in [4.78, 5) is 13.1. The Morgan fingerprint density at radius 2 is 1.65 bits per heavy atom. The standard InChI is InChI=1S/C19H20ClF6N3O2/c1-17(31,19(24,25)26)16(30)28-8-6-11(7-9-28)14-10-15(18(21,22)23)27-29(14)13-4-2-12(20)3-5-13/h2-5,11,14,31H,6-10H2,1H3. The summed E-state index contributed by atoms with van der Waals surface area (Å²) in [6, 6.07) is 5.46. The van der Waals surface area contributed by atoms with Crippen molar-refractivity contribution in [1.29, 1.82) is 0 Å². The molecule has 3 rings (SSSR count). The van der Waals surface area contributed by atoms with E-state index in [4.69, 9.17) is 11.6 Å². The second-order valence-electron chi connectivity index (χ2n) is 7.84. The van der Waals surface area contributed by atoms with Crippen molar-refractivity contribution >= 4 is 28.9 Å². The third-order valence-corrected chi connectivity index (χ3v) is 5.95. The zero-order chi connectivity index (χ0) is 23.2. The number of aliphatic hydroxyl groups is 1. The van der Waals surface area contributed by atoms with Gasteiger partial charge >= 0.3 is 12.4 Å². The molecule has 172 valence electrons. The summed E-state index contributed by atoms with van der Waals surface area (Å²) in [5, 5.41) is 15.0. The number of anilines is 1. The zero-order valence-corrected chi connectivity index (χ0v) is 17.1. The first-order chi connectivity index (χ1) is 14.2. The molecule has 1 aromatic rings. The minimum absolute atomic E-state index is 0.109. The van der Waals surface area contributed by atoms with Crippen LogP contribution < -0.4 is 5.01 Å². The van der Waals surface area contributed by atoms with Gasteiger partial charge in [-0.05, 0) is 49.9 Å². The Labute approximate surface area is 179 Å². The fourth-order valence-corrected chi connectivity index (χ4v) is 3.95. The summed E-state index contributed by atoms with van der Waals surface area (Å²) < 4.78 is 78.7. The molecule has 1 fully saturated rings. The maximum Gasteiger partial charge on any atom is 0.431 e. The van der Waals surface area contributed by atoms with E-state index in [1.165, 1.54) is 29.3 Å². The Balaban J connectivity index is 1.75. The Morgan fingerprint density at radius 3 is 2.13 bits per heavy atom. The number of amides is 1. The van der Waals surface area contributed by atoms with Crippen molar-refractivity contribution in [3.63, 3.8) is 0 Å². The Hall–Kier alpha value is -2.01. The number of rotatable bonds is 3. The lowest BCUT2D eigenvalue weighted by molar-refractivity contribution is -0.250. The van der Waals surface area contributed by atoms with Gasteiger partial charge in [0.2, 0.25) is 5.60 Å². The molecule has 2 heterocycles. The van der Waals surface area contributed by atoms with Gasteiger partial charge in [0, 0.05) is 24.5 Å². The van der Waals surface area contributed by atoms with Crippen molar-refractivity contribution < 1.29 is 36.2 Å². The molecular formula is C19H20ClF6N3O2. The summed E-state index contributed by atoms with van der Waals surface area (Å²) in [5.74, 6) is -1.81. The lowest BCUT2D eigenvalue weighted by atomic mass is 9.86. The van der Waals surface area contributed by atoms with Crippen molar-refractivity contribution in [3.05, 3.63) is 29.3 Å². The third-order valence-electron chi connectivity index (χ3n) is 5.70. The van der Waals surface area contributed by atoms with E-state index < -0.39 is 35.6 Å². The van der Waals surface area contributed by atoms with Gasteiger partial charge in [-0.15, -0.1) is 0 Å². The summed E-state index contributed by atoms with van der Waals surface area (Å²) >= 11 is 5.85. The van der Waals surface area contributed by atoms with Gasteiger partial charge < -0.3 is 10.0 Å². The summed E-state index contributed by atoms with van der Waals surface area (Å²) in [5.41, 5.74) is -4.05. The molecule has 1 aromatic carbocycles. The molecule has 1 N–H and O–H groups in total. The first kappa shape index (κ1) is 23.6. The van der Waals surface area contributed by atoms with Crippen LogP contribution in [0.4, 0.5) is 32.0 Å². The quantitative estimate of drug-likeness (QED) is 0.665. The number of piperidine rings is 1. The van der Waals surface area contributed by atoms with Crippen molar-refractivity contribution in [3.8, 4) is 0 Å². The summed E-state index contributed by atoms with van der Waals surface area (Å²) in [7, 11) is 0. The van der Waals surface area contributed by atoms with E-state index >= 15 is 0 Å². The van der Waals surface area contributed by atoms with E-state index in [9.17, 15) is 36.2 Å². The molecule has 5 nitrogen and oxygen atoms in total. The van der Waals surface area contributed by atoms with E-state index in [1.807, 2.05) is 0 Å². The fourth-order valence-electron chi connectivity index (χ4n) is 3.83. The van der Waals surface area contributed by atoms with Crippen LogP contribution in [-0.2, 0) is 4.79 Å². The number of hydrazone groups is 1. The van der Waals surface area contributed by atoms with Crippen LogP contribution in [0.2, 0.25) is 5.02 Å². The normalized spacial score (nSPS) is 23.0. The Bertz CT molecular complexity index is 846. The van der Waals surface area contributed by atoms with E-state index in [0.29, 0.717) is 17.6 Å². The topological polar surface area (TPSA) is 56.1 Å². The Morgan fingerprint density at radius 1 is 1.10 bits per heavy atom. The van der Waals surface area contributed by atoms with Crippen LogP contribution in [-0.4, -0.2) is 58.7 Å². The van der Waals surface area contributed by atoms with Gasteiger partial charge in [-0.25, -0.2) is 0 Å². The zero-order valence-electron chi connectivity index (χ0n) is 16.3. The first-order valence-electron chi connectivity index (χ1n) is 9.50. The summed E-state index contributed by atoms with van der Waals surface area (Å²) in [6.07, 6.45) is -9.76. The molecule has 1 amide bonds. The van der Waals surface area contributed by atoms with Gasteiger partial charge in [0.05, 0.1) is 11.7 Å². The highest BCUT2D eigenvalue weighted by atomic mass is 35.5. The number of carbonyl (C=O) groups is 1. The van der Waals surface area contributed by atoms with Crippen LogP contribution in [0.5, 0.6) is 0 Å². The number of hydrogen-bond acceptors (Lipinski definition) is 4. The highest BCUT2D eigenvalue weighted by Gasteiger charge is 2.57. The second kappa shape index (κ2) is 8.16. The first-order valence-corrected chi connectivity index (χ1v) is 9.87. The van der Waals surface area contributed by atoms with E-state index in [0.717, 1.165) is 4.90 Å². The second-order valence-corrected chi connectivity index (χ2v) is 8.27. The van der Waals surface area contributed by atoms with Gasteiger partial charge in [0.1, 0.15) is 5.71 Å². The van der Waals surface area contributed by atoms with Crippen LogP contribution in [0.1, 0.15) is 26.2 Å². The van der Waals surface area contributed by atoms with Gasteiger partial charge in [-0.3, -0.25) is 9.80 Å². The molecule has 0 radical (unpaired) electrons. The van der Waals surface area contributed by atoms with Gasteiger partial charge in [-0.2, -0.15) is 31.4 Å². The lowest BCUT2D eigenvalue weighted by Crippen LogP contribution is -2.58. The molecule has 2 unspecified atom stereocenters. The maximum absolute atomic E-state index is 13.3. The molecule has 0 bridgehead atoms. The maximum atomic E-state index is 13.3. The molecule has 0 spiro atoms. The van der Waals surface area contributed by atoms with Crippen LogP contribution in [0, 0.1) is 5.92 Å². The van der Waals surface area contributed by atoms with Crippen LogP contribution in [0.3, 0.4) is 0 Å². The van der Waals surface area contributed by atoms with E-state index in [2.05, 4.69) is 5.10 Å². The number of halogens is 7. The molecular weight excluding hydrogens is 452 g/mol. The SMILES string of the molecule is CC(O)(C(=O)N1CCC(C2CC(C(F)(F)F)=NN2c2ccc(Cl)cc2)CC1)C(F)(F)F. The molecule has 2 atom stereocenters. The van der Waals surface area contributed by atoms with E-state index in [1.54, 1.807) is 0 Å². The molecule has 2 aliphatic heterocycles. The Kier molecular flexibility index (Phi) is 6.22. The number of benzene rings is 1. The number of likely N-dealkylation sites (tertiary alicyclic amines) is 1. The predicted octanol–water partition coefficient (Wildman–Crippen LogP) is 4.39. The van der Waals surface area contributed by atoms with Gasteiger partial charge in [-0.1, -0.05) is 11.6 Å². The largest absolute Gasteiger partial charge is 0.431 e. The number of alkyl halides is 6. The lowest BCUT2D eigenvalue weighted by Gasteiger charge is -2.40. The third kappa shape index (κ3) is 4.77. The average Bonchev–Trinajstić information content (AvgIpc) is 3.13. The molecule has 0 saturated carbocycles. The molecule has 12 heteroatoms. The van der Waals surface area contributed by atoms with Crippen molar-refractivity contribution in [2.24, 2.45) is 11.0 Å².